The molecule has 0 radical (unpaired) electrons. The monoisotopic (exact) mass is 508 g/mol. The Morgan fingerprint density at radius 3 is 2.51 bits per heavy atom. The van der Waals surface area contributed by atoms with Crippen molar-refractivity contribution in [2.75, 3.05) is 17.2 Å². The van der Waals surface area contributed by atoms with Crippen molar-refractivity contribution >= 4 is 57.4 Å². The van der Waals surface area contributed by atoms with Crippen LogP contribution in [0.2, 0.25) is 10.0 Å². The molecule has 0 aliphatic heterocycles. The van der Waals surface area contributed by atoms with Gasteiger partial charge in [0.05, 0.1) is 17.3 Å². The average Bonchev–Trinajstić information content (AvgIpc) is 2.85. The smallest absolute Gasteiger partial charge is 0.319 e. The molecule has 0 aliphatic rings. The van der Waals surface area contributed by atoms with Gasteiger partial charge >= 0.3 is 6.03 Å². The van der Waals surface area contributed by atoms with Crippen LogP contribution in [0.25, 0.3) is 10.9 Å². The van der Waals surface area contributed by atoms with Crippen molar-refractivity contribution in [3.63, 3.8) is 0 Å². The summed E-state index contributed by atoms with van der Waals surface area (Å²) in [6.45, 7) is 1.77. The molecule has 0 fully saturated rings. The standard InChI is InChI=1S/C26H22Cl2N4O3/c1-16-10-11-17-6-5-9-22(25(17)30-16)35-15-19-20(27)12-13-21(24(19)28)32-26(34)29-14-23(33)31-18-7-3-2-4-8-18/h2-13H,14-15H2,1H3,(H,31,33)(H2,29,32,34). The quantitative estimate of drug-likeness (QED) is 0.277. The molecule has 9 heteroatoms. The van der Waals surface area contributed by atoms with Crippen LogP contribution in [-0.4, -0.2) is 23.5 Å². The number of urea groups is 1. The molecule has 7 nitrogen and oxygen atoms in total. The molecule has 3 aromatic carbocycles. The van der Waals surface area contributed by atoms with E-state index in [-0.39, 0.29) is 24.1 Å². The van der Waals surface area contributed by atoms with Gasteiger partial charge in [0, 0.05) is 27.4 Å². The van der Waals surface area contributed by atoms with E-state index in [4.69, 9.17) is 27.9 Å². The van der Waals surface area contributed by atoms with Crippen LogP contribution in [0.15, 0.2) is 72.8 Å². The van der Waals surface area contributed by atoms with E-state index >= 15 is 0 Å². The Morgan fingerprint density at radius 2 is 1.71 bits per heavy atom. The lowest BCUT2D eigenvalue weighted by atomic mass is 10.2. The second-order valence-corrected chi connectivity index (χ2v) is 8.46. The lowest BCUT2D eigenvalue weighted by Gasteiger charge is -2.15. The van der Waals surface area contributed by atoms with Crippen LogP contribution in [0.3, 0.4) is 0 Å². The molecule has 178 valence electrons. The van der Waals surface area contributed by atoms with E-state index in [0.29, 0.717) is 27.7 Å². The molecule has 0 saturated heterocycles. The molecule has 0 unspecified atom stereocenters. The lowest BCUT2D eigenvalue weighted by molar-refractivity contribution is -0.115. The third-order valence-corrected chi connectivity index (χ3v) is 5.88. The third-order valence-electron chi connectivity index (χ3n) is 5.10. The first-order valence-corrected chi connectivity index (χ1v) is 11.5. The van der Waals surface area contributed by atoms with Gasteiger partial charge in [0.1, 0.15) is 17.9 Å². The van der Waals surface area contributed by atoms with Crippen molar-refractivity contribution < 1.29 is 14.3 Å². The van der Waals surface area contributed by atoms with Gasteiger partial charge in [-0.1, -0.05) is 59.6 Å². The summed E-state index contributed by atoms with van der Waals surface area (Å²) in [7, 11) is 0. The molecule has 0 spiro atoms. The van der Waals surface area contributed by atoms with Crippen molar-refractivity contribution in [2.24, 2.45) is 0 Å². The SMILES string of the molecule is Cc1ccc2cccc(OCc3c(Cl)ccc(NC(=O)NCC(=O)Nc4ccccc4)c3Cl)c2n1. The highest BCUT2D eigenvalue weighted by Crippen LogP contribution is 2.33. The zero-order valence-corrected chi connectivity index (χ0v) is 20.3. The number of aromatic nitrogens is 1. The second kappa shape index (κ2) is 11.1. The normalized spacial score (nSPS) is 10.6. The number of para-hydroxylation sites is 2. The van der Waals surface area contributed by atoms with Crippen molar-refractivity contribution in [3.05, 3.63) is 94.1 Å². The molecular formula is C26H22Cl2N4O3. The van der Waals surface area contributed by atoms with E-state index in [9.17, 15) is 9.59 Å². The van der Waals surface area contributed by atoms with Crippen LogP contribution in [0.4, 0.5) is 16.2 Å². The van der Waals surface area contributed by atoms with Gasteiger partial charge in [-0.2, -0.15) is 0 Å². The molecule has 3 N–H and O–H groups in total. The van der Waals surface area contributed by atoms with E-state index in [0.717, 1.165) is 16.6 Å². The topological polar surface area (TPSA) is 92.4 Å². The summed E-state index contributed by atoms with van der Waals surface area (Å²) in [5.74, 6) is 0.237. The first-order chi connectivity index (χ1) is 16.9. The number of benzene rings is 3. The zero-order valence-electron chi connectivity index (χ0n) is 18.8. The Bertz CT molecular complexity index is 1380. The predicted molar refractivity (Wildman–Crippen MR) is 139 cm³/mol. The van der Waals surface area contributed by atoms with Gasteiger partial charge in [-0.3, -0.25) is 4.79 Å². The van der Waals surface area contributed by atoms with Crippen LogP contribution in [0.5, 0.6) is 5.75 Å². The van der Waals surface area contributed by atoms with E-state index in [2.05, 4.69) is 20.9 Å². The zero-order chi connectivity index (χ0) is 24.8. The number of nitrogens with zero attached hydrogens (tertiary/aromatic N) is 1. The fraction of sp³-hybridized carbons (Fsp3) is 0.115. The molecule has 1 heterocycles. The summed E-state index contributed by atoms with van der Waals surface area (Å²) >= 11 is 12.9. The molecule has 4 aromatic rings. The maximum Gasteiger partial charge on any atom is 0.319 e. The third kappa shape index (κ3) is 6.20. The molecule has 4 rings (SSSR count). The van der Waals surface area contributed by atoms with Gasteiger partial charge < -0.3 is 20.7 Å². The predicted octanol–water partition coefficient (Wildman–Crippen LogP) is 6.19. The maximum absolute atomic E-state index is 12.3. The Hall–Kier alpha value is -3.81. The Balaban J connectivity index is 1.40. The summed E-state index contributed by atoms with van der Waals surface area (Å²) in [4.78, 5) is 29.0. The van der Waals surface area contributed by atoms with Crippen LogP contribution in [0, 0.1) is 6.92 Å². The minimum Gasteiger partial charge on any atom is -0.487 e. The number of rotatable bonds is 7. The van der Waals surface area contributed by atoms with Crippen LogP contribution in [0.1, 0.15) is 11.3 Å². The minimum atomic E-state index is -0.585. The summed E-state index contributed by atoms with van der Waals surface area (Å²) in [5, 5.41) is 9.43. The largest absolute Gasteiger partial charge is 0.487 e. The Morgan fingerprint density at radius 1 is 0.914 bits per heavy atom. The number of hydrogen-bond donors (Lipinski definition) is 3. The van der Waals surface area contributed by atoms with Gasteiger partial charge in [-0.05, 0) is 43.3 Å². The van der Waals surface area contributed by atoms with Crippen LogP contribution >= 0.6 is 23.2 Å². The van der Waals surface area contributed by atoms with Gasteiger partial charge in [-0.15, -0.1) is 0 Å². The summed E-state index contributed by atoms with van der Waals surface area (Å²) in [6, 6.07) is 21.2. The number of ether oxygens (including phenoxy) is 1. The average molecular weight is 509 g/mol. The maximum atomic E-state index is 12.3. The number of anilines is 2. The van der Waals surface area contributed by atoms with E-state index in [1.54, 1.807) is 36.4 Å². The van der Waals surface area contributed by atoms with Gasteiger partial charge in [0.2, 0.25) is 5.91 Å². The van der Waals surface area contributed by atoms with Crippen molar-refractivity contribution in [2.45, 2.75) is 13.5 Å². The Labute approximate surface area is 212 Å². The highest BCUT2D eigenvalue weighted by Gasteiger charge is 2.15. The highest BCUT2D eigenvalue weighted by molar-refractivity contribution is 6.38. The van der Waals surface area contributed by atoms with E-state index < -0.39 is 6.03 Å². The number of fused-ring (bicyclic) bond motifs is 1. The number of hydrogen-bond acceptors (Lipinski definition) is 4. The first kappa shape index (κ1) is 24.3. The molecular weight excluding hydrogens is 487 g/mol. The van der Waals surface area contributed by atoms with Crippen molar-refractivity contribution in [1.82, 2.24) is 10.3 Å². The molecule has 1 aromatic heterocycles. The van der Waals surface area contributed by atoms with Crippen molar-refractivity contribution in [3.8, 4) is 5.75 Å². The lowest BCUT2D eigenvalue weighted by Crippen LogP contribution is -2.35. The number of carbonyl (C=O) groups is 2. The molecule has 0 saturated carbocycles. The van der Waals surface area contributed by atoms with Crippen molar-refractivity contribution in [1.29, 1.82) is 0 Å². The number of nitrogens with one attached hydrogen (secondary N) is 3. The summed E-state index contributed by atoms with van der Waals surface area (Å²) < 4.78 is 6.00. The molecule has 3 amide bonds. The number of amides is 3. The van der Waals surface area contributed by atoms with Gasteiger partial charge in [-0.25, -0.2) is 9.78 Å². The Kier molecular flexibility index (Phi) is 7.70. The second-order valence-electron chi connectivity index (χ2n) is 7.68. The number of aryl methyl sites for hydroxylation is 1. The number of carbonyl (C=O) groups excluding carboxylic acids is 2. The summed E-state index contributed by atoms with van der Waals surface area (Å²) in [5.41, 5.74) is 3.10. The van der Waals surface area contributed by atoms with Crippen LogP contribution in [-0.2, 0) is 11.4 Å². The molecule has 35 heavy (non-hydrogen) atoms. The van der Waals surface area contributed by atoms with E-state index in [1.165, 1.54) is 0 Å². The number of halogens is 2. The fourth-order valence-corrected chi connectivity index (χ4v) is 3.89. The molecule has 0 atom stereocenters. The van der Waals surface area contributed by atoms with Crippen LogP contribution < -0.4 is 20.7 Å². The van der Waals surface area contributed by atoms with Gasteiger partial charge in [0.25, 0.3) is 0 Å². The van der Waals surface area contributed by atoms with E-state index in [1.807, 2.05) is 43.3 Å². The minimum absolute atomic E-state index is 0.0724. The first-order valence-electron chi connectivity index (χ1n) is 10.8. The molecule has 0 aliphatic carbocycles. The number of pyridine rings is 1. The van der Waals surface area contributed by atoms with Gasteiger partial charge in [0.15, 0.2) is 0 Å². The highest BCUT2D eigenvalue weighted by atomic mass is 35.5. The fourth-order valence-electron chi connectivity index (χ4n) is 3.36. The summed E-state index contributed by atoms with van der Waals surface area (Å²) in [6.07, 6.45) is 0. The molecule has 0 bridgehead atoms.